The van der Waals surface area contributed by atoms with E-state index in [0.29, 0.717) is 5.54 Å². The summed E-state index contributed by atoms with van der Waals surface area (Å²) < 4.78 is 0. The predicted octanol–water partition coefficient (Wildman–Crippen LogP) is 4.59. The summed E-state index contributed by atoms with van der Waals surface area (Å²) in [6, 6.07) is 0. The summed E-state index contributed by atoms with van der Waals surface area (Å²) in [4.78, 5) is 2.64. The van der Waals surface area contributed by atoms with Crippen molar-refractivity contribution >= 4 is 0 Å². The van der Waals surface area contributed by atoms with Crippen LogP contribution in [-0.4, -0.2) is 36.6 Å². The van der Waals surface area contributed by atoms with Crippen molar-refractivity contribution < 1.29 is 0 Å². The summed E-state index contributed by atoms with van der Waals surface area (Å²) in [6.45, 7) is 11.8. The first-order chi connectivity index (χ1) is 9.64. The lowest BCUT2D eigenvalue weighted by atomic mass is 10.0. The maximum atomic E-state index is 3.59. The Hall–Kier alpha value is -0.0800. The first-order valence-electron chi connectivity index (χ1n) is 9.11. The van der Waals surface area contributed by atoms with Gasteiger partial charge >= 0.3 is 0 Å². The molecule has 0 radical (unpaired) electrons. The summed E-state index contributed by atoms with van der Waals surface area (Å²) in [7, 11) is 0. The Bertz CT molecular complexity index is 225. The third-order valence-electron chi connectivity index (χ3n) is 4.48. The van der Waals surface area contributed by atoms with E-state index in [2.05, 4.69) is 31.0 Å². The summed E-state index contributed by atoms with van der Waals surface area (Å²) in [6.07, 6.45) is 14.4. The Balaban J connectivity index is 1.85. The minimum absolute atomic E-state index is 0.316. The Morgan fingerprint density at radius 2 is 1.40 bits per heavy atom. The van der Waals surface area contributed by atoms with Crippen LogP contribution < -0.4 is 5.32 Å². The highest BCUT2D eigenvalue weighted by atomic mass is 15.2. The molecular formula is C18H38N2. The zero-order valence-electron chi connectivity index (χ0n) is 14.3. The van der Waals surface area contributed by atoms with Gasteiger partial charge in [-0.3, -0.25) is 0 Å². The van der Waals surface area contributed by atoms with Crippen LogP contribution in [0, 0.1) is 0 Å². The average molecular weight is 283 g/mol. The van der Waals surface area contributed by atoms with Gasteiger partial charge in [0.25, 0.3) is 0 Å². The van der Waals surface area contributed by atoms with E-state index in [0.717, 1.165) is 6.54 Å². The number of hydrogen-bond donors (Lipinski definition) is 1. The van der Waals surface area contributed by atoms with Gasteiger partial charge < -0.3 is 10.2 Å². The molecule has 0 atom stereocenters. The summed E-state index contributed by atoms with van der Waals surface area (Å²) in [5.41, 5.74) is 0.316. The van der Waals surface area contributed by atoms with Crippen LogP contribution in [0.4, 0.5) is 0 Å². The van der Waals surface area contributed by atoms with E-state index < -0.39 is 0 Å². The number of piperazine rings is 1. The normalized spacial score (nSPS) is 19.4. The fourth-order valence-electron chi connectivity index (χ4n) is 3.26. The first-order valence-corrected chi connectivity index (χ1v) is 9.11. The van der Waals surface area contributed by atoms with E-state index in [9.17, 15) is 0 Å². The SMILES string of the molecule is CCCCCCCCCCCCN1CCNC(C)(C)C1. The highest BCUT2D eigenvalue weighted by molar-refractivity contribution is 4.86. The summed E-state index contributed by atoms with van der Waals surface area (Å²) in [5, 5.41) is 3.59. The smallest absolute Gasteiger partial charge is 0.0252 e. The van der Waals surface area contributed by atoms with Gasteiger partial charge in [-0.15, -0.1) is 0 Å². The second-order valence-corrected chi connectivity index (χ2v) is 7.27. The molecule has 0 unspecified atom stereocenters. The van der Waals surface area contributed by atoms with Crippen molar-refractivity contribution in [1.29, 1.82) is 0 Å². The maximum absolute atomic E-state index is 3.59. The fourth-order valence-corrected chi connectivity index (χ4v) is 3.26. The lowest BCUT2D eigenvalue weighted by Gasteiger charge is -2.39. The molecule has 0 aromatic rings. The standard InChI is InChI=1S/C18H38N2/c1-4-5-6-7-8-9-10-11-12-13-15-20-16-14-19-18(2,3)17-20/h19H,4-17H2,1-3H3. The molecule has 1 fully saturated rings. The molecule has 20 heavy (non-hydrogen) atoms. The van der Waals surface area contributed by atoms with Gasteiger partial charge in [-0.05, 0) is 26.8 Å². The largest absolute Gasteiger partial charge is 0.309 e. The van der Waals surface area contributed by atoms with E-state index in [-0.39, 0.29) is 0 Å². The van der Waals surface area contributed by atoms with Gasteiger partial charge in [0, 0.05) is 25.2 Å². The van der Waals surface area contributed by atoms with Crippen molar-refractivity contribution in [1.82, 2.24) is 10.2 Å². The van der Waals surface area contributed by atoms with E-state index in [1.54, 1.807) is 0 Å². The lowest BCUT2D eigenvalue weighted by Crippen LogP contribution is -2.57. The molecular weight excluding hydrogens is 244 g/mol. The van der Waals surface area contributed by atoms with E-state index >= 15 is 0 Å². The monoisotopic (exact) mass is 282 g/mol. The van der Waals surface area contributed by atoms with E-state index in [1.165, 1.54) is 83.8 Å². The van der Waals surface area contributed by atoms with Crippen molar-refractivity contribution in [2.24, 2.45) is 0 Å². The van der Waals surface area contributed by atoms with Crippen molar-refractivity contribution in [3.05, 3.63) is 0 Å². The third kappa shape index (κ3) is 8.97. The molecule has 1 saturated heterocycles. The molecule has 1 rings (SSSR count). The molecule has 1 aliphatic rings. The van der Waals surface area contributed by atoms with Crippen LogP contribution in [0.3, 0.4) is 0 Å². The second kappa shape index (κ2) is 10.6. The molecule has 0 aliphatic carbocycles. The Labute approximate surface area is 127 Å². The first kappa shape index (κ1) is 18.0. The van der Waals surface area contributed by atoms with E-state index in [4.69, 9.17) is 0 Å². The van der Waals surface area contributed by atoms with Crippen LogP contribution in [0.5, 0.6) is 0 Å². The van der Waals surface area contributed by atoms with Gasteiger partial charge in [0.2, 0.25) is 0 Å². The zero-order chi connectivity index (χ0) is 14.7. The molecule has 1 aliphatic heterocycles. The van der Waals surface area contributed by atoms with Crippen LogP contribution in [0.15, 0.2) is 0 Å². The van der Waals surface area contributed by atoms with Crippen LogP contribution in [0.25, 0.3) is 0 Å². The van der Waals surface area contributed by atoms with Crippen molar-refractivity contribution in [2.45, 2.75) is 90.5 Å². The van der Waals surface area contributed by atoms with Gasteiger partial charge in [-0.1, -0.05) is 64.7 Å². The van der Waals surface area contributed by atoms with Crippen LogP contribution >= 0.6 is 0 Å². The molecule has 0 bridgehead atoms. The van der Waals surface area contributed by atoms with Gasteiger partial charge in [-0.25, -0.2) is 0 Å². The van der Waals surface area contributed by atoms with Crippen LogP contribution in [0.2, 0.25) is 0 Å². The maximum Gasteiger partial charge on any atom is 0.0252 e. The summed E-state index contributed by atoms with van der Waals surface area (Å²) >= 11 is 0. The van der Waals surface area contributed by atoms with Gasteiger partial charge in [0.1, 0.15) is 0 Å². The number of nitrogens with zero attached hydrogens (tertiary/aromatic N) is 1. The molecule has 0 aromatic carbocycles. The number of unbranched alkanes of at least 4 members (excludes halogenated alkanes) is 9. The second-order valence-electron chi connectivity index (χ2n) is 7.27. The topological polar surface area (TPSA) is 15.3 Å². The van der Waals surface area contributed by atoms with Crippen LogP contribution in [-0.2, 0) is 0 Å². The van der Waals surface area contributed by atoms with E-state index in [1.807, 2.05) is 0 Å². The van der Waals surface area contributed by atoms with Gasteiger partial charge in [-0.2, -0.15) is 0 Å². The van der Waals surface area contributed by atoms with Crippen LogP contribution in [0.1, 0.15) is 85.0 Å². The van der Waals surface area contributed by atoms with Gasteiger partial charge in [0.15, 0.2) is 0 Å². The molecule has 120 valence electrons. The zero-order valence-corrected chi connectivity index (χ0v) is 14.3. The quantitative estimate of drug-likeness (QED) is 0.558. The Morgan fingerprint density at radius 3 is 1.95 bits per heavy atom. The number of hydrogen-bond acceptors (Lipinski definition) is 2. The minimum Gasteiger partial charge on any atom is -0.309 e. The number of nitrogens with one attached hydrogen (secondary N) is 1. The predicted molar refractivity (Wildman–Crippen MR) is 90.4 cm³/mol. The minimum atomic E-state index is 0.316. The molecule has 2 heteroatoms. The molecule has 0 saturated carbocycles. The Kier molecular flexibility index (Phi) is 9.54. The number of rotatable bonds is 11. The summed E-state index contributed by atoms with van der Waals surface area (Å²) in [5.74, 6) is 0. The molecule has 2 nitrogen and oxygen atoms in total. The molecule has 1 heterocycles. The Morgan fingerprint density at radius 1 is 0.850 bits per heavy atom. The third-order valence-corrected chi connectivity index (χ3v) is 4.48. The molecule has 0 aromatic heterocycles. The average Bonchev–Trinajstić information content (AvgIpc) is 2.40. The lowest BCUT2D eigenvalue weighted by molar-refractivity contribution is 0.152. The van der Waals surface area contributed by atoms with Crippen molar-refractivity contribution in [3.8, 4) is 0 Å². The molecule has 0 amide bonds. The molecule has 1 N–H and O–H groups in total. The van der Waals surface area contributed by atoms with Crippen molar-refractivity contribution in [3.63, 3.8) is 0 Å². The van der Waals surface area contributed by atoms with Crippen molar-refractivity contribution in [2.75, 3.05) is 26.2 Å². The highest BCUT2D eigenvalue weighted by Gasteiger charge is 2.24. The van der Waals surface area contributed by atoms with Gasteiger partial charge in [0.05, 0.1) is 0 Å². The molecule has 0 spiro atoms. The fraction of sp³-hybridized carbons (Fsp3) is 1.00. The highest BCUT2D eigenvalue weighted by Crippen LogP contribution is 2.13.